The minimum Gasteiger partial charge on any atom is -0.478 e. The maximum Gasteiger partial charge on any atom is 0.335 e. The van der Waals surface area contributed by atoms with Crippen LogP contribution in [0.5, 0.6) is 0 Å². The molecule has 2 heterocycles. The number of aryl methyl sites for hydroxylation is 1. The lowest BCUT2D eigenvalue weighted by molar-refractivity contribution is -0.142. The molecule has 0 aliphatic heterocycles. The average molecular weight is 373 g/mol. The molecule has 4 rings (SSSR count). The quantitative estimate of drug-likeness (QED) is 0.731. The van der Waals surface area contributed by atoms with Gasteiger partial charge in [0.05, 0.1) is 23.0 Å². The number of alkyl halides is 2. The predicted molar refractivity (Wildman–Crippen MR) is 93.2 cm³/mol. The van der Waals surface area contributed by atoms with E-state index in [9.17, 15) is 18.7 Å². The molecule has 2 aromatic heterocycles. The summed E-state index contributed by atoms with van der Waals surface area (Å²) in [5.41, 5.74) is 2.53. The van der Waals surface area contributed by atoms with E-state index in [1.54, 1.807) is 29.8 Å². The Labute approximate surface area is 153 Å². The second kappa shape index (κ2) is 6.09. The first kappa shape index (κ1) is 17.5. The van der Waals surface area contributed by atoms with Crippen molar-refractivity contribution >= 4 is 17.0 Å². The highest BCUT2D eigenvalue weighted by molar-refractivity contribution is 5.88. The second-order valence-corrected chi connectivity index (χ2v) is 6.96. The number of carboxylic acid groups (broad SMARTS) is 1. The molecule has 0 unspecified atom stereocenters. The first-order chi connectivity index (χ1) is 12.7. The van der Waals surface area contributed by atoms with Gasteiger partial charge in [-0.05, 0) is 42.8 Å². The van der Waals surface area contributed by atoms with Gasteiger partial charge in [0.2, 0.25) is 5.92 Å². The fourth-order valence-corrected chi connectivity index (χ4v) is 3.45. The molecule has 0 spiro atoms. The van der Waals surface area contributed by atoms with Crippen LogP contribution in [0.4, 0.5) is 8.78 Å². The van der Waals surface area contributed by atoms with E-state index in [4.69, 9.17) is 5.11 Å². The van der Waals surface area contributed by atoms with Gasteiger partial charge >= 0.3 is 5.97 Å². The van der Waals surface area contributed by atoms with Crippen LogP contribution in [0.2, 0.25) is 0 Å². The molecule has 27 heavy (non-hydrogen) atoms. The number of pyridine rings is 1. The number of benzene rings is 1. The Balaban J connectivity index is 1.68. The van der Waals surface area contributed by atoms with Crippen molar-refractivity contribution in [3.8, 4) is 5.69 Å². The number of hydrogen-bond donors (Lipinski definition) is 2. The summed E-state index contributed by atoms with van der Waals surface area (Å²) in [5, 5.41) is 24.5. The zero-order valence-corrected chi connectivity index (χ0v) is 14.4. The number of fused-ring (bicyclic) bond motifs is 1. The van der Waals surface area contributed by atoms with Gasteiger partial charge in [-0.15, -0.1) is 0 Å². The zero-order valence-electron chi connectivity index (χ0n) is 14.4. The molecule has 0 saturated heterocycles. The lowest BCUT2D eigenvalue weighted by Crippen LogP contribution is -2.38. The van der Waals surface area contributed by atoms with Gasteiger partial charge in [-0.2, -0.15) is 5.10 Å². The Bertz CT molecular complexity index is 1020. The monoisotopic (exact) mass is 373 g/mol. The number of aliphatic hydroxyl groups is 1. The SMILES string of the molecule is Cc1nn(-c2ccc(C(=O)O)cc2)c2ncc([C@@H](O)C3CC(F)(F)C3)cc12. The predicted octanol–water partition coefficient (Wildman–Crippen LogP) is 3.51. The largest absolute Gasteiger partial charge is 0.478 e. The molecule has 6 nitrogen and oxygen atoms in total. The van der Waals surface area contributed by atoms with Gasteiger partial charge in [0.25, 0.3) is 0 Å². The van der Waals surface area contributed by atoms with Crippen LogP contribution in [0.25, 0.3) is 16.7 Å². The topological polar surface area (TPSA) is 88.2 Å². The maximum absolute atomic E-state index is 13.1. The van der Waals surface area contributed by atoms with Crippen molar-refractivity contribution in [3.63, 3.8) is 0 Å². The smallest absolute Gasteiger partial charge is 0.335 e. The van der Waals surface area contributed by atoms with Crippen molar-refractivity contribution in [2.24, 2.45) is 5.92 Å². The Hall–Kier alpha value is -2.87. The molecule has 140 valence electrons. The third kappa shape index (κ3) is 3.06. The summed E-state index contributed by atoms with van der Waals surface area (Å²) in [6.45, 7) is 1.79. The highest BCUT2D eigenvalue weighted by atomic mass is 19.3. The average Bonchev–Trinajstić information content (AvgIpc) is 2.95. The normalized spacial score (nSPS) is 17.6. The van der Waals surface area contributed by atoms with E-state index < -0.39 is 23.9 Å². The number of carbonyl (C=O) groups is 1. The zero-order chi connectivity index (χ0) is 19.3. The van der Waals surface area contributed by atoms with Crippen LogP contribution in [0.1, 0.15) is 40.6 Å². The second-order valence-electron chi connectivity index (χ2n) is 6.96. The molecule has 1 aliphatic rings. The summed E-state index contributed by atoms with van der Waals surface area (Å²) in [4.78, 5) is 15.4. The lowest BCUT2D eigenvalue weighted by Gasteiger charge is -2.37. The Morgan fingerprint density at radius 1 is 1.30 bits per heavy atom. The maximum atomic E-state index is 13.1. The molecular weight excluding hydrogens is 356 g/mol. The Kier molecular flexibility index (Phi) is 3.96. The van der Waals surface area contributed by atoms with Crippen molar-refractivity contribution in [2.45, 2.75) is 31.8 Å². The highest BCUT2D eigenvalue weighted by Gasteiger charge is 2.48. The first-order valence-electron chi connectivity index (χ1n) is 8.50. The molecule has 1 saturated carbocycles. The van der Waals surface area contributed by atoms with E-state index >= 15 is 0 Å². The molecule has 2 N–H and O–H groups in total. The van der Waals surface area contributed by atoms with Crippen LogP contribution >= 0.6 is 0 Å². The summed E-state index contributed by atoms with van der Waals surface area (Å²) in [7, 11) is 0. The molecule has 1 aliphatic carbocycles. The molecule has 8 heteroatoms. The van der Waals surface area contributed by atoms with Crippen LogP contribution in [-0.4, -0.2) is 36.9 Å². The number of aliphatic hydroxyl groups excluding tert-OH is 1. The third-order valence-electron chi connectivity index (χ3n) is 5.00. The van der Waals surface area contributed by atoms with Gasteiger partial charge in [0.1, 0.15) is 0 Å². The molecule has 0 bridgehead atoms. The molecule has 0 radical (unpaired) electrons. The summed E-state index contributed by atoms with van der Waals surface area (Å²) in [5.74, 6) is -4.17. The minimum atomic E-state index is -2.69. The van der Waals surface area contributed by atoms with E-state index in [1.165, 1.54) is 18.3 Å². The summed E-state index contributed by atoms with van der Waals surface area (Å²) < 4.78 is 27.7. The number of aromatic carboxylic acids is 1. The van der Waals surface area contributed by atoms with Crippen molar-refractivity contribution in [1.29, 1.82) is 0 Å². The van der Waals surface area contributed by atoms with E-state index in [1.807, 2.05) is 0 Å². The van der Waals surface area contributed by atoms with Gasteiger partial charge < -0.3 is 10.2 Å². The highest BCUT2D eigenvalue weighted by Crippen LogP contribution is 2.48. The van der Waals surface area contributed by atoms with E-state index in [-0.39, 0.29) is 18.4 Å². The van der Waals surface area contributed by atoms with Crippen LogP contribution in [0, 0.1) is 12.8 Å². The minimum absolute atomic E-state index is 0.169. The molecule has 0 amide bonds. The molecule has 1 atom stereocenters. The summed E-state index contributed by atoms with van der Waals surface area (Å²) in [6.07, 6.45) is -0.146. The number of hydrogen-bond acceptors (Lipinski definition) is 4. The van der Waals surface area contributed by atoms with E-state index in [2.05, 4.69) is 10.1 Å². The van der Waals surface area contributed by atoms with Gasteiger partial charge in [0, 0.05) is 30.3 Å². The Morgan fingerprint density at radius 2 is 1.96 bits per heavy atom. The lowest BCUT2D eigenvalue weighted by atomic mass is 9.76. The van der Waals surface area contributed by atoms with Gasteiger partial charge in [0.15, 0.2) is 5.65 Å². The summed E-state index contributed by atoms with van der Waals surface area (Å²) in [6, 6.07) is 7.96. The van der Waals surface area contributed by atoms with Crippen LogP contribution in [0.15, 0.2) is 36.5 Å². The van der Waals surface area contributed by atoms with Crippen LogP contribution < -0.4 is 0 Å². The standard InChI is InChI=1S/C19H17F2N3O3/c1-10-15-6-12(16(25)13-7-19(20,21)8-13)9-22-17(15)24(23-10)14-4-2-11(3-5-14)18(26)27/h2-6,9,13,16,25H,7-8H2,1H3,(H,26,27)/t16-/m1/s1. The van der Waals surface area contributed by atoms with Gasteiger partial charge in [-0.25, -0.2) is 23.2 Å². The number of nitrogens with zero attached hydrogens (tertiary/aromatic N) is 3. The van der Waals surface area contributed by atoms with Crippen LogP contribution in [-0.2, 0) is 0 Å². The number of halogens is 2. The van der Waals surface area contributed by atoms with Gasteiger partial charge in [-0.1, -0.05) is 0 Å². The third-order valence-corrected chi connectivity index (χ3v) is 5.00. The molecule has 1 aromatic carbocycles. The molecular formula is C19H17F2N3O3. The Morgan fingerprint density at radius 3 is 2.56 bits per heavy atom. The van der Waals surface area contributed by atoms with Crippen LogP contribution in [0.3, 0.4) is 0 Å². The van der Waals surface area contributed by atoms with Crippen molar-refractivity contribution < 1.29 is 23.8 Å². The van der Waals surface area contributed by atoms with Crippen molar-refractivity contribution in [2.75, 3.05) is 0 Å². The van der Waals surface area contributed by atoms with Gasteiger partial charge in [-0.3, -0.25) is 0 Å². The van der Waals surface area contributed by atoms with E-state index in [0.29, 0.717) is 28.0 Å². The molecule has 1 fully saturated rings. The van der Waals surface area contributed by atoms with Crippen molar-refractivity contribution in [1.82, 2.24) is 14.8 Å². The number of aromatic nitrogens is 3. The summed E-state index contributed by atoms with van der Waals surface area (Å²) >= 11 is 0. The van der Waals surface area contributed by atoms with Crippen molar-refractivity contribution in [3.05, 3.63) is 53.3 Å². The molecule has 3 aromatic rings. The number of rotatable bonds is 4. The first-order valence-corrected chi connectivity index (χ1v) is 8.50. The van der Waals surface area contributed by atoms with E-state index in [0.717, 1.165) is 0 Å². The number of carboxylic acids is 1. The fourth-order valence-electron chi connectivity index (χ4n) is 3.45. The fraction of sp³-hybridized carbons (Fsp3) is 0.316.